The van der Waals surface area contributed by atoms with Gasteiger partial charge in [0.05, 0.1) is 6.20 Å². The molecule has 2 aromatic heterocycles. The number of nitrogens with zero attached hydrogens (tertiary/aromatic N) is 2. The van der Waals surface area contributed by atoms with E-state index in [-0.39, 0.29) is 5.78 Å². The van der Waals surface area contributed by atoms with Gasteiger partial charge in [-0.3, -0.25) is 9.20 Å². The maximum absolute atomic E-state index is 11.2. The number of Topliss-reactive ketones (excluding diaryl/α,β-unsaturated/α-hetero) is 1. The summed E-state index contributed by atoms with van der Waals surface area (Å²) in [5, 5.41) is 0. The van der Waals surface area contributed by atoms with Crippen LogP contribution in [0.4, 0.5) is 0 Å². The van der Waals surface area contributed by atoms with Gasteiger partial charge in [0.1, 0.15) is 11.3 Å². The highest BCUT2D eigenvalue weighted by molar-refractivity contribution is 5.93. The Morgan fingerprint density at radius 2 is 2.23 bits per heavy atom. The molecule has 0 aliphatic rings. The van der Waals surface area contributed by atoms with Crippen molar-refractivity contribution >= 4 is 11.4 Å². The molecule has 0 aliphatic heterocycles. The monoisotopic (exact) mass is 174 g/mol. The Hall–Kier alpha value is -1.64. The lowest BCUT2D eigenvalue weighted by atomic mass is 10.3. The van der Waals surface area contributed by atoms with Crippen molar-refractivity contribution in [3.63, 3.8) is 0 Å². The van der Waals surface area contributed by atoms with Gasteiger partial charge < -0.3 is 0 Å². The molecule has 0 aliphatic carbocycles. The average Bonchev–Trinajstić information content (AvgIpc) is 2.46. The summed E-state index contributed by atoms with van der Waals surface area (Å²) < 4.78 is 1.82. The molecule has 0 unspecified atom stereocenters. The lowest BCUT2D eigenvalue weighted by Crippen LogP contribution is -1.98. The second-order valence-electron chi connectivity index (χ2n) is 3.13. The van der Waals surface area contributed by atoms with Crippen molar-refractivity contribution in [1.82, 2.24) is 9.38 Å². The average molecular weight is 174 g/mol. The topological polar surface area (TPSA) is 34.4 Å². The Kier molecular flexibility index (Phi) is 1.65. The third-order valence-corrected chi connectivity index (χ3v) is 2.01. The van der Waals surface area contributed by atoms with Crippen molar-refractivity contribution in [2.75, 3.05) is 0 Å². The first-order valence-electron chi connectivity index (χ1n) is 4.13. The first-order valence-corrected chi connectivity index (χ1v) is 4.13. The lowest BCUT2D eigenvalue weighted by molar-refractivity contribution is 0.101. The number of pyridine rings is 1. The van der Waals surface area contributed by atoms with E-state index in [0.29, 0.717) is 5.69 Å². The molecule has 3 nitrogen and oxygen atoms in total. The SMILES string of the molecule is CC(=O)c1cnc2ccc(C)cn12. The van der Waals surface area contributed by atoms with Crippen LogP contribution in [0.15, 0.2) is 24.5 Å². The molecule has 0 saturated carbocycles. The van der Waals surface area contributed by atoms with Crippen molar-refractivity contribution in [3.05, 3.63) is 35.8 Å². The highest BCUT2D eigenvalue weighted by atomic mass is 16.1. The fraction of sp³-hybridized carbons (Fsp3) is 0.200. The van der Waals surface area contributed by atoms with Crippen molar-refractivity contribution in [3.8, 4) is 0 Å². The number of carbonyl (C=O) groups excluding carboxylic acids is 1. The van der Waals surface area contributed by atoms with Crippen molar-refractivity contribution in [2.45, 2.75) is 13.8 Å². The predicted molar refractivity (Wildman–Crippen MR) is 49.9 cm³/mol. The van der Waals surface area contributed by atoms with Gasteiger partial charge in [0, 0.05) is 13.1 Å². The molecule has 2 aromatic rings. The highest BCUT2D eigenvalue weighted by Gasteiger charge is 2.06. The summed E-state index contributed by atoms with van der Waals surface area (Å²) in [6.45, 7) is 3.54. The van der Waals surface area contributed by atoms with Crippen LogP contribution < -0.4 is 0 Å². The highest BCUT2D eigenvalue weighted by Crippen LogP contribution is 2.08. The lowest BCUT2D eigenvalue weighted by Gasteiger charge is -1.98. The minimum atomic E-state index is 0.0399. The first-order chi connectivity index (χ1) is 6.18. The largest absolute Gasteiger partial charge is 0.297 e. The van der Waals surface area contributed by atoms with Crippen LogP contribution in [-0.4, -0.2) is 15.2 Å². The summed E-state index contributed by atoms with van der Waals surface area (Å²) in [5.41, 5.74) is 2.57. The summed E-state index contributed by atoms with van der Waals surface area (Å²) in [6.07, 6.45) is 3.52. The summed E-state index contributed by atoms with van der Waals surface area (Å²) in [4.78, 5) is 15.3. The molecule has 0 spiro atoms. The standard InChI is InChI=1S/C10H10N2O/c1-7-3-4-10-11-5-9(8(2)13)12(10)6-7/h3-6H,1-2H3. The second-order valence-corrected chi connectivity index (χ2v) is 3.13. The fourth-order valence-corrected chi connectivity index (χ4v) is 1.35. The Morgan fingerprint density at radius 1 is 1.46 bits per heavy atom. The van der Waals surface area contributed by atoms with E-state index < -0.39 is 0 Å². The molecule has 0 aromatic carbocycles. The Labute approximate surface area is 76.0 Å². The molecule has 2 rings (SSSR count). The molecular weight excluding hydrogens is 164 g/mol. The van der Waals surface area contributed by atoms with E-state index in [1.54, 1.807) is 13.1 Å². The van der Waals surface area contributed by atoms with E-state index in [0.717, 1.165) is 11.2 Å². The van der Waals surface area contributed by atoms with E-state index in [9.17, 15) is 4.79 Å². The smallest absolute Gasteiger partial charge is 0.178 e. The van der Waals surface area contributed by atoms with Crippen LogP contribution in [0.3, 0.4) is 0 Å². The summed E-state index contributed by atoms with van der Waals surface area (Å²) in [5.74, 6) is 0.0399. The van der Waals surface area contributed by atoms with E-state index in [2.05, 4.69) is 4.98 Å². The molecule has 0 amide bonds. The van der Waals surface area contributed by atoms with Gasteiger partial charge >= 0.3 is 0 Å². The third kappa shape index (κ3) is 1.22. The quantitative estimate of drug-likeness (QED) is 0.618. The van der Waals surface area contributed by atoms with E-state index >= 15 is 0 Å². The molecule has 2 heterocycles. The van der Waals surface area contributed by atoms with Crippen molar-refractivity contribution in [2.24, 2.45) is 0 Å². The molecule has 0 fully saturated rings. The predicted octanol–water partition coefficient (Wildman–Crippen LogP) is 1.85. The zero-order valence-corrected chi connectivity index (χ0v) is 7.61. The van der Waals surface area contributed by atoms with Gasteiger partial charge in [-0.05, 0) is 18.6 Å². The first kappa shape index (κ1) is 7.98. The van der Waals surface area contributed by atoms with Gasteiger partial charge in [0.25, 0.3) is 0 Å². The van der Waals surface area contributed by atoms with E-state index in [4.69, 9.17) is 0 Å². The molecule has 66 valence electrons. The van der Waals surface area contributed by atoms with Crippen LogP contribution >= 0.6 is 0 Å². The molecule has 0 atom stereocenters. The molecule has 0 radical (unpaired) electrons. The molecule has 13 heavy (non-hydrogen) atoms. The van der Waals surface area contributed by atoms with Crippen LogP contribution in [0.25, 0.3) is 5.65 Å². The fourth-order valence-electron chi connectivity index (χ4n) is 1.35. The molecule has 0 saturated heterocycles. The number of ketones is 1. The van der Waals surface area contributed by atoms with Gasteiger partial charge in [-0.1, -0.05) is 6.07 Å². The number of fused-ring (bicyclic) bond motifs is 1. The van der Waals surface area contributed by atoms with E-state index in [1.165, 1.54) is 0 Å². The second kappa shape index (κ2) is 2.69. The van der Waals surface area contributed by atoms with Crippen molar-refractivity contribution in [1.29, 1.82) is 0 Å². The third-order valence-electron chi connectivity index (χ3n) is 2.01. The number of carbonyl (C=O) groups is 1. The summed E-state index contributed by atoms with van der Waals surface area (Å²) >= 11 is 0. The maximum atomic E-state index is 11.2. The maximum Gasteiger partial charge on any atom is 0.178 e. The molecule has 0 N–H and O–H groups in total. The number of hydrogen-bond acceptors (Lipinski definition) is 2. The number of aryl methyl sites for hydroxylation is 1. The van der Waals surface area contributed by atoms with Crippen LogP contribution in [0.1, 0.15) is 23.0 Å². The van der Waals surface area contributed by atoms with Crippen LogP contribution in [0, 0.1) is 6.92 Å². The number of aromatic nitrogens is 2. The van der Waals surface area contributed by atoms with Crippen LogP contribution in [0.2, 0.25) is 0 Å². The van der Waals surface area contributed by atoms with Crippen LogP contribution in [0.5, 0.6) is 0 Å². The minimum Gasteiger partial charge on any atom is -0.297 e. The zero-order valence-electron chi connectivity index (χ0n) is 7.61. The van der Waals surface area contributed by atoms with Gasteiger partial charge in [0.2, 0.25) is 0 Å². The number of rotatable bonds is 1. The molecular formula is C10H10N2O. The van der Waals surface area contributed by atoms with Gasteiger partial charge in [-0.2, -0.15) is 0 Å². The number of hydrogen-bond donors (Lipinski definition) is 0. The normalized spacial score (nSPS) is 10.6. The van der Waals surface area contributed by atoms with Crippen LogP contribution in [-0.2, 0) is 0 Å². The molecule has 3 heteroatoms. The Morgan fingerprint density at radius 3 is 2.92 bits per heavy atom. The van der Waals surface area contributed by atoms with Gasteiger partial charge in [-0.25, -0.2) is 4.98 Å². The van der Waals surface area contributed by atoms with Gasteiger partial charge in [-0.15, -0.1) is 0 Å². The van der Waals surface area contributed by atoms with E-state index in [1.807, 2.05) is 29.7 Å². The Balaban J connectivity index is 2.79. The summed E-state index contributed by atoms with van der Waals surface area (Å²) in [7, 11) is 0. The molecule has 0 bridgehead atoms. The van der Waals surface area contributed by atoms with Gasteiger partial charge in [0.15, 0.2) is 5.78 Å². The summed E-state index contributed by atoms with van der Waals surface area (Å²) in [6, 6.07) is 3.88. The van der Waals surface area contributed by atoms with Crippen molar-refractivity contribution < 1.29 is 4.79 Å². The minimum absolute atomic E-state index is 0.0399. The Bertz CT molecular complexity index is 471. The zero-order chi connectivity index (χ0) is 9.42. The number of imidazole rings is 1.